The number of halogens is 3. The van der Waals surface area contributed by atoms with E-state index in [2.05, 4.69) is 0 Å². The van der Waals surface area contributed by atoms with Gasteiger partial charge in [0.15, 0.2) is 0 Å². The molecule has 9 heteroatoms. The third-order valence-corrected chi connectivity index (χ3v) is 6.44. The van der Waals surface area contributed by atoms with Crippen LogP contribution in [0.15, 0.2) is 18.2 Å². The van der Waals surface area contributed by atoms with Crippen molar-refractivity contribution in [3.8, 4) is 0 Å². The summed E-state index contributed by atoms with van der Waals surface area (Å²) < 4.78 is 41.7. The molecule has 1 aliphatic rings. The van der Waals surface area contributed by atoms with Gasteiger partial charge < -0.3 is 5.73 Å². The van der Waals surface area contributed by atoms with Crippen LogP contribution in [-0.4, -0.2) is 43.2 Å². The standard InChI is InChI=1S/C14H21ClFN3O2S.ClH/c1-10-6-11(7-17)8-19(10)22(20,21)18(2)9-12-13(15)4-3-5-14(12)16;/h3-5,10-11H,6-9,17H2,1-2H3;1H. The monoisotopic (exact) mass is 385 g/mol. The van der Waals surface area contributed by atoms with Crippen molar-refractivity contribution in [3.63, 3.8) is 0 Å². The largest absolute Gasteiger partial charge is 0.330 e. The minimum absolute atomic E-state index is 0. The third kappa shape index (κ3) is 4.35. The molecule has 1 aliphatic heterocycles. The molecular weight excluding hydrogens is 364 g/mol. The summed E-state index contributed by atoms with van der Waals surface area (Å²) in [7, 11) is -2.25. The first-order valence-electron chi connectivity index (χ1n) is 7.13. The Morgan fingerprint density at radius 2 is 2.13 bits per heavy atom. The summed E-state index contributed by atoms with van der Waals surface area (Å²) in [5, 5.41) is 0.219. The molecule has 1 aromatic rings. The van der Waals surface area contributed by atoms with Gasteiger partial charge in [0.1, 0.15) is 5.82 Å². The first-order valence-corrected chi connectivity index (χ1v) is 8.91. The lowest BCUT2D eigenvalue weighted by atomic mass is 10.1. The molecule has 0 spiro atoms. The summed E-state index contributed by atoms with van der Waals surface area (Å²) in [6.45, 7) is 2.61. The molecule has 1 fully saturated rings. The van der Waals surface area contributed by atoms with Crippen molar-refractivity contribution >= 4 is 34.2 Å². The highest BCUT2D eigenvalue weighted by Crippen LogP contribution is 2.28. The fourth-order valence-corrected chi connectivity index (χ4v) is 4.58. The normalized spacial score (nSPS) is 22.3. The second-order valence-electron chi connectivity index (χ2n) is 5.72. The number of hydrogen-bond donors (Lipinski definition) is 1. The maximum atomic E-state index is 13.8. The highest BCUT2D eigenvalue weighted by molar-refractivity contribution is 7.86. The Hall–Kier alpha value is -0.440. The third-order valence-electron chi connectivity index (χ3n) is 4.07. The minimum atomic E-state index is -3.68. The molecule has 0 aliphatic carbocycles. The lowest BCUT2D eigenvalue weighted by Crippen LogP contribution is -2.43. The van der Waals surface area contributed by atoms with Crippen LogP contribution in [0.2, 0.25) is 5.02 Å². The highest BCUT2D eigenvalue weighted by Gasteiger charge is 2.38. The summed E-state index contributed by atoms with van der Waals surface area (Å²) in [5.41, 5.74) is 5.82. The molecule has 0 bridgehead atoms. The molecule has 23 heavy (non-hydrogen) atoms. The molecule has 1 aromatic carbocycles. The molecule has 0 amide bonds. The van der Waals surface area contributed by atoms with E-state index < -0.39 is 16.0 Å². The van der Waals surface area contributed by atoms with Gasteiger partial charge in [0.2, 0.25) is 0 Å². The van der Waals surface area contributed by atoms with Crippen molar-refractivity contribution in [1.82, 2.24) is 8.61 Å². The van der Waals surface area contributed by atoms with Crippen molar-refractivity contribution in [3.05, 3.63) is 34.6 Å². The Morgan fingerprint density at radius 1 is 1.48 bits per heavy atom. The molecule has 0 radical (unpaired) electrons. The SMILES string of the molecule is CC1CC(CN)CN1S(=O)(=O)N(C)Cc1c(F)cccc1Cl.Cl. The predicted octanol–water partition coefficient (Wildman–Crippen LogP) is 2.25. The molecular formula is C14H22Cl2FN3O2S. The first kappa shape index (κ1) is 20.6. The minimum Gasteiger partial charge on any atom is -0.330 e. The molecule has 5 nitrogen and oxygen atoms in total. The molecule has 0 aromatic heterocycles. The average molecular weight is 386 g/mol. The highest BCUT2D eigenvalue weighted by atomic mass is 35.5. The van der Waals surface area contributed by atoms with E-state index in [-0.39, 0.29) is 41.5 Å². The Bertz CT molecular complexity index is 625. The van der Waals surface area contributed by atoms with E-state index >= 15 is 0 Å². The molecule has 2 unspecified atom stereocenters. The van der Waals surface area contributed by atoms with Crippen LogP contribution in [0.4, 0.5) is 4.39 Å². The van der Waals surface area contributed by atoms with Crippen molar-refractivity contribution in [2.75, 3.05) is 20.1 Å². The van der Waals surface area contributed by atoms with E-state index in [0.717, 1.165) is 10.7 Å². The summed E-state index contributed by atoms with van der Waals surface area (Å²) in [6, 6.07) is 4.19. The van der Waals surface area contributed by atoms with Crippen LogP contribution >= 0.6 is 24.0 Å². The molecule has 1 heterocycles. The van der Waals surface area contributed by atoms with Crippen LogP contribution in [0, 0.1) is 11.7 Å². The Labute approximate surface area is 148 Å². The first-order chi connectivity index (χ1) is 10.3. The fraction of sp³-hybridized carbons (Fsp3) is 0.571. The van der Waals surface area contributed by atoms with Gasteiger partial charge >= 0.3 is 0 Å². The zero-order valence-corrected chi connectivity index (χ0v) is 15.5. The van der Waals surface area contributed by atoms with Crippen LogP contribution in [0.1, 0.15) is 18.9 Å². The Morgan fingerprint density at radius 3 is 2.65 bits per heavy atom. The van der Waals surface area contributed by atoms with Crippen LogP contribution < -0.4 is 5.73 Å². The van der Waals surface area contributed by atoms with E-state index in [1.54, 1.807) is 6.07 Å². The van der Waals surface area contributed by atoms with Crippen LogP contribution in [0.25, 0.3) is 0 Å². The second kappa shape index (κ2) is 8.09. The van der Waals surface area contributed by atoms with Crippen molar-refractivity contribution < 1.29 is 12.8 Å². The number of nitrogens with zero attached hydrogens (tertiary/aromatic N) is 2. The van der Waals surface area contributed by atoms with Gasteiger partial charge in [-0.15, -0.1) is 12.4 Å². The smallest absolute Gasteiger partial charge is 0.282 e. The van der Waals surface area contributed by atoms with Gasteiger partial charge in [0, 0.05) is 36.8 Å². The van der Waals surface area contributed by atoms with Gasteiger partial charge in [-0.05, 0) is 37.9 Å². The molecule has 0 saturated carbocycles. The number of rotatable bonds is 5. The Balaban J connectivity index is 0.00000264. The van der Waals surface area contributed by atoms with Crippen molar-refractivity contribution in [1.29, 1.82) is 0 Å². The van der Waals surface area contributed by atoms with Gasteiger partial charge in [0.05, 0.1) is 0 Å². The summed E-state index contributed by atoms with van der Waals surface area (Å²) in [4.78, 5) is 0. The van der Waals surface area contributed by atoms with Gasteiger partial charge in [-0.1, -0.05) is 17.7 Å². The van der Waals surface area contributed by atoms with Crippen LogP contribution in [0.3, 0.4) is 0 Å². The molecule has 132 valence electrons. The topological polar surface area (TPSA) is 66.6 Å². The van der Waals surface area contributed by atoms with Gasteiger partial charge in [-0.2, -0.15) is 17.0 Å². The molecule has 2 rings (SSSR count). The summed E-state index contributed by atoms with van der Waals surface area (Å²) in [5.74, 6) is -0.348. The zero-order chi connectivity index (χ0) is 16.5. The van der Waals surface area contributed by atoms with E-state index in [4.69, 9.17) is 17.3 Å². The number of hydrogen-bond acceptors (Lipinski definition) is 3. The lowest BCUT2D eigenvalue weighted by molar-refractivity contribution is 0.348. The predicted molar refractivity (Wildman–Crippen MR) is 92.4 cm³/mol. The van der Waals surface area contributed by atoms with E-state index in [1.807, 2.05) is 6.92 Å². The number of benzene rings is 1. The number of nitrogens with two attached hydrogens (primary N) is 1. The maximum absolute atomic E-state index is 13.8. The average Bonchev–Trinajstić information content (AvgIpc) is 2.84. The van der Waals surface area contributed by atoms with E-state index in [9.17, 15) is 12.8 Å². The van der Waals surface area contributed by atoms with E-state index in [0.29, 0.717) is 13.1 Å². The quantitative estimate of drug-likeness (QED) is 0.844. The van der Waals surface area contributed by atoms with Crippen molar-refractivity contribution in [2.45, 2.75) is 25.9 Å². The molecule has 1 saturated heterocycles. The fourth-order valence-electron chi connectivity index (χ4n) is 2.77. The van der Waals surface area contributed by atoms with E-state index in [1.165, 1.54) is 23.5 Å². The van der Waals surface area contributed by atoms with Gasteiger partial charge in [-0.3, -0.25) is 0 Å². The van der Waals surface area contributed by atoms with Gasteiger partial charge in [0.25, 0.3) is 10.2 Å². The summed E-state index contributed by atoms with van der Waals surface area (Å²) >= 11 is 5.97. The molecule has 2 N–H and O–H groups in total. The summed E-state index contributed by atoms with van der Waals surface area (Å²) in [6.07, 6.45) is 0.740. The van der Waals surface area contributed by atoms with Gasteiger partial charge in [-0.25, -0.2) is 4.39 Å². The van der Waals surface area contributed by atoms with Crippen LogP contribution in [0.5, 0.6) is 0 Å². The lowest BCUT2D eigenvalue weighted by Gasteiger charge is -2.27. The van der Waals surface area contributed by atoms with Crippen molar-refractivity contribution in [2.24, 2.45) is 11.7 Å². The zero-order valence-electron chi connectivity index (χ0n) is 13.1. The second-order valence-corrected chi connectivity index (χ2v) is 8.12. The Kier molecular flexibility index (Phi) is 7.25. The van der Waals surface area contributed by atoms with Crippen LogP contribution in [-0.2, 0) is 16.8 Å². The maximum Gasteiger partial charge on any atom is 0.282 e. The molecule has 2 atom stereocenters.